The molecule has 8 heteroatoms. The predicted molar refractivity (Wildman–Crippen MR) is 143 cm³/mol. The average Bonchev–Trinajstić information content (AvgIpc) is 2.86. The molecule has 1 unspecified atom stereocenters. The van der Waals surface area contributed by atoms with E-state index in [2.05, 4.69) is 5.32 Å². The fraction of sp³-hybridized carbons (Fsp3) is 0.276. The molecule has 0 heterocycles. The highest BCUT2D eigenvalue weighted by Gasteiger charge is 2.09. The van der Waals surface area contributed by atoms with E-state index in [9.17, 15) is 14.4 Å². The summed E-state index contributed by atoms with van der Waals surface area (Å²) in [6.45, 7) is 6.71. The fourth-order valence-corrected chi connectivity index (χ4v) is 3.14. The van der Waals surface area contributed by atoms with Crippen LogP contribution in [0.3, 0.4) is 0 Å². The highest BCUT2D eigenvalue weighted by Crippen LogP contribution is 2.29. The Morgan fingerprint density at radius 1 is 0.811 bits per heavy atom. The third kappa shape index (κ3) is 9.68. The Morgan fingerprint density at radius 3 is 1.73 bits per heavy atom. The minimum Gasteiger partial charge on any atom is -0.493 e. The largest absolute Gasteiger partial charge is 0.493 e. The lowest BCUT2D eigenvalue weighted by molar-refractivity contribution is -0.132. The fourth-order valence-electron chi connectivity index (χ4n) is 3.14. The molecule has 2 aromatic carbocycles. The first kappa shape index (κ1) is 28.9. The summed E-state index contributed by atoms with van der Waals surface area (Å²) >= 11 is 0. The summed E-state index contributed by atoms with van der Waals surface area (Å²) in [4.78, 5) is 35.2. The van der Waals surface area contributed by atoms with Crippen LogP contribution in [-0.4, -0.2) is 38.0 Å². The average molecular weight is 508 g/mol. The Bertz CT molecular complexity index is 1210. The number of ether oxygens (including phenoxy) is 4. The van der Waals surface area contributed by atoms with Crippen molar-refractivity contribution in [1.29, 1.82) is 0 Å². The lowest BCUT2D eigenvalue weighted by atomic mass is 10.1. The second kappa shape index (κ2) is 14.3. The van der Waals surface area contributed by atoms with Gasteiger partial charge >= 0.3 is 11.9 Å². The zero-order valence-electron chi connectivity index (χ0n) is 22.0. The number of hydrogen-bond donors (Lipinski definition) is 1. The molecule has 2 rings (SSSR count). The van der Waals surface area contributed by atoms with Gasteiger partial charge in [-0.3, -0.25) is 14.4 Å². The van der Waals surface area contributed by atoms with Gasteiger partial charge in [0, 0.05) is 31.7 Å². The number of benzene rings is 2. The summed E-state index contributed by atoms with van der Waals surface area (Å²) in [5.41, 5.74) is 2.14. The van der Waals surface area contributed by atoms with Crippen LogP contribution in [0.2, 0.25) is 0 Å². The monoisotopic (exact) mass is 507 g/mol. The van der Waals surface area contributed by atoms with Crippen molar-refractivity contribution in [3.8, 4) is 23.0 Å². The molecule has 0 saturated carbocycles. The highest BCUT2D eigenvalue weighted by molar-refractivity contribution is 6.02. The van der Waals surface area contributed by atoms with E-state index in [0.29, 0.717) is 34.3 Å². The summed E-state index contributed by atoms with van der Waals surface area (Å²) in [6.07, 6.45) is 9.11. The van der Waals surface area contributed by atoms with E-state index in [1.807, 2.05) is 19.9 Å². The lowest BCUT2D eigenvalue weighted by Gasteiger charge is -2.14. The Kier molecular flexibility index (Phi) is 11.2. The van der Waals surface area contributed by atoms with E-state index in [4.69, 9.17) is 18.9 Å². The van der Waals surface area contributed by atoms with Crippen molar-refractivity contribution in [2.24, 2.45) is 0 Å². The maximum Gasteiger partial charge on any atom is 0.308 e. The highest BCUT2D eigenvalue weighted by atomic mass is 16.6. The van der Waals surface area contributed by atoms with Crippen LogP contribution in [0.15, 0.2) is 60.3 Å². The molecule has 2 aromatic rings. The maximum absolute atomic E-state index is 12.7. The van der Waals surface area contributed by atoms with E-state index in [-0.39, 0.29) is 11.8 Å². The second-order valence-electron chi connectivity index (χ2n) is 8.13. The molecule has 0 radical (unpaired) electrons. The molecule has 37 heavy (non-hydrogen) atoms. The van der Waals surface area contributed by atoms with Crippen molar-refractivity contribution < 1.29 is 33.3 Å². The van der Waals surface area contributed by atoms with Crippen molar-refractivity contribution in [2.45, 2.75) is 40.2 Å². The van der Waals surface area contributed by atoms with Gasteiger partial charge in [0.2, 0.25) is 0 Å². The number of rotatable bonds is 12. The first-order valence-corrected chi connectivity index (χ1v) is 11.8. The number of esters is 2. The van der Waals surface area contributed by atoms with Gasteiger partial charge in [-0.2, -0.15) is 0 Å². The van der Waals surface area contributed by atoms with Gasteiger partial charge in [-0.05, 0) is 60.9 Å². The second-order valence-corrected chi connectivity index (χ2v) is 8.13. The van der Waals surface area contributed by atoms with Crippen LogP contribution < -0.4 is 24.3 Å². The molecule has 0 fully saturated rings. The van der Waals surface area contributed by atoms with Crippen molar-refractivity contribution in [2.75, 3.05) is 14.2 Å². The van der Waals surface area contributed by atoms with Gasteiger partial charge in [0.1, 0.15) is 0 Å². The zero-order chi connectivity index (χ0) is 27.4. The van der Waals surface area contributed by atoms with Gasteiger partial charge in [-0.25, -0.2) is 0 Å². The summed E-state index contributed by atoms with van der Waals surface area (Å²) in [5.74, 6) is 0.343. The third-order valence-corrected chi connectivity index (χ3v) is 5.10. The molecule has 0 amide bonds. The Labute approximate surface area is 217 Å². The summed E-state index contributed by atoms with van der Waals surface area (Å²) in [5, 5.41) is 3.33. The lowest BCUT2D eigenvalue weighted by Crippen LogP contribution is -2.24. The van der Waals surface area contributed by atoms with Crippen LogP contribution in [0.5, 0.6) is 23.0 Å². The third-order valence-electron chi connectivity index (χ3n) is 5.10. The minimum absolute atomic E-state index is 0.145. The number of allylic oxidation sites excluding steroid dienone is 3. The smallest absolute Gasteiger partial charge is 0.308 e. The number of hydrogen-bond acceptors (Lipinski definition) is 8. The first-order valence-electron chi connectivity index (χ1n) is 11.8. The molecule has 0 saturated heterocycles. The molecule has 0 bridgehead atoms. The molecule has 0 spiro atoms. The SMILES string of the molecule is CCC(C)NC(=C\C(=O)/C=C/c1ccc(OC(C)=O)c(OC)c1)/C=C/c1ccc(OC(C)=O)c(OC)c1. The van der Waals surface area contributed by atoms with E-state index >= 15 is 0 Å². The number of ketones is 1. The topological polar surface area (TPSA) is 100 Å². The van der Waals surface area contributed by atoms with Crippen LogP contribution in [0.25, 0.3) is 12.2 Å². The van der Waals surface area contributed by atoms with Gasteiger partial charge in [-0.15, -0.1) is 0 Å². The maximum atomic E-state index is 12.7. The molecule has 1 N–H and O–H groups in total. The van der Waals surface area contributed by atoms with Crippen molar-refractivity contribution in [1.82, 2.24) is 5.32 Å². The zero-order valence-corrected chi connectivity index (χ0v) is 22.0. The summed E-state index contributed by atoms with van der Waals surface area (Å²) < 4.78 is 20.8. The summed E-state index contributed by atoms with van der Waals surface area (Å²) in [6, 6.07) is 10.3. The number of nitrogens with one attached hydrogen (secondary N) is 1. The molecule has 196 valence electrons. The van der Waals surface area contributed by atoms with Gasteiger partial charge in [0.25, 0.3) is 0 Å². The van der Waals surface area contributed by atoms with Crippen molar-refractivity contribution >= 4 is 29.9 Å². The summed E-state index contributed by atoms with van der Waals surface area (Å²) in [7, 11) is 2.97. The van der Waals surface area contributed by atoms with Crippen molar-refractivity contribution in [3.63, 3.8) is 0 Å². The van der Waals surface area contributed by atoms with Crippen LogP contribution >= 0.6 is 0 Å². The number of carbonyl (C=O) groups excluding carboxylic acids is 3. The molecule has 0 aromatic heterocycles. The standard InChI is InChI=1S/C29H33NO7/c1-7-19(2)30-24(12-8-22-10-14-26(36-20(3)31)28(16-22)34-5)18-25(33)13-9-23-11-15-27(37-21(4)32)29(17-23)35-6/h8-19,30H,7H2,1-6H3/b12-8+,13-9+,24-18-. The van der Waals surface area contributed by atoms with E-state index in [1.165, 1.54) is 40.2 Å². The molecule has 8 nitrogen and oxygen atoms in total. The molecule has 1 atom stereocenters. The van der Waals surface area contributed by atoms with Crippen LogP contribution in [0.1, 0.15) is 45.2 Å². The predicted octanol–water partition coefficient (Wildman–Crippen LogP) is 5.12. The minimum atomic E-state index is -0.449. The molecule has 0 aliphatic heterocycles. The van der Waals surface area contributed by atoms with E-state index in [1.54, 1.807) is 48.6 Å². The number of methoxy groups -OCH3 is 2. The van der Waals surface area contributed by atoms with E-state index < -0.39 is 11.9 Å². The Hall–Kier alpha value is -4.33. The van der Waals surface area contributed by atoms with Gasteiger partial charge in [0.15, 0.2) is 28.8 Å². The molecular weight excluding hydrogens is 474 g/mol. The van der Waals surface area contributed by atoms with Gasteiger partial charge in [0.05, 0.1) is 14.2 Å². The normalized spacial score (nSPS) is 12.3. The van der Waals surface area contributed by atoms with Gasteiger partial charge < -0.3 is 24.3 Å². The Morgan fingerprint density at radius 2 is 1.30 bits per heavy atom. The van der Waals surface area contributed by atoms with Crippen molar-refractivity contribution in [3.05, 3.63) is 71.5 Å². The Balaban J connectivity index is 2.25. The molecular formula is C29H33NO7. The van der Waals surface area contributed by atoms with E-state index in [0.717, 1.165) is 12.0 Å². The molecule has 0 aliphatic carbocycles. The molecule has 0 aliphatic rings. The van der Waals surface area contributed by atoms with Gasteiger partial charge in [-0.1, -0.05) is 31.2 Å². The number of carbonyl (C=O) groups is 3. The first-order chi connectivity index (χ1) is 17.6. The van der Waals surface area contributed by atoms with Crippen LogP contribution in [0, 0.1) is 0 Å². The van der Waals surface area contributed by atoms with Crippen LogP contribution in [0.4, 0.5) is 0 Å². The van der Waals surface area contributed by atoms with Crippen LogP contribution in [-0.2, 0) is 14.4 Å². The quantitative estimate of drug-likeness (QED) is 0.183.